The van der Waals surface area contributed by atoms with Crippen molar-refractivity contribution in [2.75, 3.05) is 38.3 Å². The van der Waals surface area contributed by atoms with Gasteiger partial charge >= 0.3 is 5.97 Å². The number of carbonyl (C=O) groups is 3. The number of nitrogens with zero attached hydrogens (tertiary/aromatic N) is 2. The molecule has 40 heavy (non-hydrogen) atoms. The van der Waals surface area contributed by atoms with Gasteiger partial charge in [0.25, 0.3) is 5.91 Å². The first kappa shape index (κ1) is 30.2. The number of rotatable bonds is 15. The van der Waals surface area contributed by atoms with E-state index in [9.17, 15) is 19.5 Å². The second kappa shape index (κ2) is 13.3. The van der Waals surface area contributed by atoms with Gasteiger partial charge in [0.05, 0.1) is 30.3 Å². The number of unbranched alkanes of at least 4 members (excludes halogenated alkanes) is 3. The lowest BCUT2D eigenvalue weighted by Gasteiger charge is -2.40. The van der Waals surface area contributed by atoms with Crippen molar-refractivity contribution in [2.24, 2.45) is 17.8 Å². The standard InChI is InChI=1S/C31H42N2O6S/c1-5-7-19-39-30(37)25-24-20-21(3)31(40-24)26(25)28(35)33(17-10-8-9-11-18-34)27(31)29(36)32(16-6-2)22-12-14-23(38-4)15-13-22/h5-6,12-15,21,24-27,34H,1-2,7-11,16-20H2,3-4H3/t21?,24-,25+,26+,27?,31?/m1/s1. The summed E-state index contributed by atoms with van der Waals surface area (Å²) in [5.74, 6) is -1.04. The van der Waals surface area contributed by atoms with Crippen molar-refractivity contribution in [1.29, 1.82) is 0 Å². The van der Waals surface area contributed by atoms with E-state index in [4.69, 9.17) is 9.47 Å². The highest BCUT2D eigenvalue weighted by Gasteiger charge is 2.76. The number of hydrogen-bond donors (Lipinski definition) is 1. The Hall–Kier alpha value is -2.78. The van der Waals surface area contributed by atoms with Crippen LogP contribution in [0.15, 0.2) is 49.6 Å². The lowest BCUT2D eigenvalue weighted by molar-refractivity contribution is -0.154. The normalized spacial score (nSPS) is 28.3. The van der Waals surface area contributed by atoms with Crippen molar-refractivity contribution in [3.8, 4) is 5.75 Å². The number of thioether (sulfide) groups is 1. The molecular weight excluding hydrogens is 528 g/mol. The van der Waals surface area contributed by atoms with Gasteiger partial charge < -0.3 is 24.4 Å². The molecule has 1 aromatic carbocycles. The molecule has 1 spiro atoms. The van der Waals surface area contributed by atoms with Crippen LogP contribution in [0.3, 0.4) is 0 Å². The summed E-state index contributed by atoms with van der Waals surface area (Å²) >= 11 is 1.65. The van der Waals surface area contributed by atoms with Gasteiger partial charge in [0.15, 0.2) is 0 Å². The van der Waals surface area contributed by atoms with Gasteiger partial charge in [0.2, 0.25) is 5.91 Å². The topological polar surface area (TPSA) is 96.4 Å². The van der Waals surface area contributed by atoms with Gasteiger partial charge in [-0.1, -0.05) is 31.9 Å². The first-order chi connectivity index (χ1) is 19.3. The Bertz CT molecular complexity index is 1090. The fourth-order valence-electron chi connectivity index (χ4n) is 6.76. The molecule has 9 heteroatoms. The number of benzene rings is 1. The van der Waals surface area contributed by atoms with Gasteiger partial charge in [-0.3, -0.25) is 14.4 Å². The van der Waals surface area contributed by atoms with Crippen LogP contribution >= 0.6 is 11.8 Å². The molecule has 0 radical (unpaired) electrons. The van der Waals surface area contributed by atoms with E-state index in [0.29, 0.717) is 30.8 Å². The second-order valence-electron chi connectivity index (χ2n) is 10.9. The molecule has 218 valence electrons. The van der Waals surface area contributed by atoms with Crippen LogP contribution < -0.4 is 9.64 Å². The first-order valence-electron chi connectivity index (χ1n) is 14.3. The van der Waals surface area contributed by atoms with Gasteiger partial charge in [-0.15, -0.1) is 24.9 Å². The maximum atomic E-state index is 14.6. The molecule has 2 amide bonds. The third kappa shape index (κ3) is 5.42. The fourth-order valence-corrected chi connectivity index (χ4v) is 9.16. The highest BCUT2D eigenvalue weighted by molar-refractivity contribution is 8.02. The Balaban J connectivity index is 1.71. The third-order valence-electron chi connectivity index (χ3n) is 8.59. The predicted octanol–water partition coefficient (Wildman–Crippen LogP) is 4.22. The van der Waals surface area contributed by atoms with Crippen molar-refractivity contribution >= 4 is 35.2 Å². The quantitative estimate of drug-likeness (QED) is 0.192. The SMILES string of the molecule is C=CCCOC(=O)[C@@H]1[C@H]2C(=O)N(CCCCCCO)C(C(=O)N(CC=C)c3ccc(OC)cc3)C23S[C@@H]1CC3C. The van der Waals surface area contributed by atoms with E-state index in [2.05, 4.69) is 20.1 Å². The summed E-state index contributed by atoms with van der Waals surface area (Å²) in [6.07, 6.45) is 7.83. The number of anilines is 1. The molecule has 0 saturated carbocycles. The first-order valence-corrected chi connectivity index (χ1v) is 15.2. The summed E-state index contributed by atoms with van der Waals surface area (Å²) in [6.45, 7) is 10.8. The lowest BCUT2D eigenvalue weighted by atomic mass is 9.66. The minimum absolute atomic E-state index is 0.0592. The molecule has 0 aliphatic carbocycles. The van der Waals surface area contributed by atoms with Gasteiger partial charge in [-0.05, 0) is 55.9 Å². The molecule has 3 saturated heterocycles. The maximum absolute atomic E-state index is 14.6. The van der Waals surface area contributed by atoms with E-state index in [1.165, 1.54) is 0 Å². The van der Waals surface area contributed by atoms with Crippen LogP contribution in [-0.4, -0.2) is 77.2 Å². The third-order valence-corrected chi connectivity index (χ3v) is 10.7. The maximum Gasteiger partial charge on any atom is 0.310 e. The smallest absolute Gasteiger partial charge is 0.310 e. The Labute approximate surface area is 241 Å². The summed E-state index contributed by atoms with van der Waals surface area (Å²) in [7, 11) is 1.59. The number of hydrogen-bond acceptors (Lipinski definition) is 7. The van der Waals surface area contributed by atoms with E-state index in [0.717, 1.165) is 25.7 Å². The predicted molar refractivity (Wildman–Crippen MR) is 157 cm³/mol. The van der Waals surface area contributed by atoms with Crippen molar-refractivity contribution in [3.05, 3.63) is 49.6 Å². The average Bonchev–Trinajstić information content (AvgIpc) is 3.55. The Morgan fingerprint density at radius 1 is 1.18 bits per heavy atom. The zero-order valence-corrected chi connectivity index (χ0v) is 24.4. The van der Waals surface area contributed by atoms with Gasteiger partial charge in [0.1, 0.15) is 11.8 Å². The molecule has 8 nitrogen and oxygen atoms in total. The molecule has 4 rings (SSSR count). The van der Waals surface area contributed by atoms with Gasteiger partial charge in [-0.2, -0.15) is 0 Å². The minimum atomic E-state index is -0.710. The fraction of sp³-hybridized carbons (Fsp3) is 0.581. The van der Waals surface area contributed by atoms with Gasteiger partial charge in [-0.25, -0.2) is 0 Å². The van der Waals surface area contributed by atoms with Gasteiger partial charge in [0, 0.05) is 30.6 Å². The minimum Gasteiger partial charge on any atom is -0.497 e. The van der Waals surface area contributed by atoms with Crippen molar-refractivity contribution in [3.63, 3.8) is 0 Å². The zero-order chi connectivity index (χ0) is 28.9. The Morgan fingerprint density at radius 3 is 2.55 bits per heavy atom. The van der Waals surface area contributed by atoms with Crippen molar-refractivity contribution in [2.45, 2.75) is 61.5 Å². The molecule has 3 fully saturated rings. The van der Waals surface area contributed by atoms with E-state index < -0.39 is 22.6 Å². The number of aliphatic hydroxyl groups is 1. The molecule has 1 N–H and O–H groups in total. The molecule has 3 heterocycles. The Morgan fingerprint density at radius 2 is 1.90 bits per heavy atom. The second-order valence-corrected chi connectivity index (χ2v) is 12.5. The number of amides is 2. The highest BCUT2D eigenvalue weighted by Crippen LogP contribution is 2.68. The van der Waals surface area contributed by atoms with Crippen LogP contribution in [0.4, 0.5) is 5.69 Å². The van der Waals surface area contributed by atoms with Crippen LogP contribution in [0, 0.1) is 17.8 Å². The summed E-state index contributed by atoms with van der Waals surface area (Å²) in [6, 6.07) is 6.60. The molecular formula is C31H42N2O6S. The largest absolute Gasteiger partial charge is 0.497 e. The van der Waals surface area contributed by atoms with Crippen LogP contribution in [0.25, 0.3) is 0 Å². The van der Waals surface area contributed by atoms with E-state index in [1.807, 2.05) is 24.3 Å². The number of esters is 1. The van der Waals surface area contributed by atoms with Crippen LogP contribution in [0.2, 0.25) is 0 Å². The van der Waals surface area contributed by atoms with Crippen LogP contribution in [0.5, 0.6) is 5.75 Å². The Kier molecular flexibility index (Phi) is 10.0. The van der Waals surface area contributed by atoms with Crippen molar-refractivity contribution < 1.29 is 29.0 Å². The number of likely N-dealkylation sites (tertiary alicyclic amines) is 1. The summed E-state index contributed by atoms with van der Waals surface area (Å²) in [5.41, 5.74) is 0.700. The monoisotopic (exact) mass is 570 g/mol. The summed E-state index contributed by atoms with van der Waals surface area (Å²) in [5, 5.41) is 9.11. The molecule has 0 aromatic heterocycles. The van der Waals surface area contributed by atoms with Crippen LogP contribution in [0.1, 0.15) is 45.4 Å². The molecule has 1 aromatic rings. The number of ether oxygens (including phenoxy) is 2. The number of fused-ring (bicyclic) bond motifs is 1. The molecule has 3 unspecified atom stereocenters. The number of carbonyl (C=O) groups excluding carboxylic acids is 3. The molecule has 6 atom stereocenters. The van der Waals surface area contributed by atoms with E-state index in [1.54, 1.807) is 40.8 Å². The zero-order valence-electron chi connectivity index (χ0n) is 23.6. The molecule has 2 bridgehead atoms. The molecule has 3 aliphatic rings. The lowest BCUT2D eigenvalue weighted by Crippen LogP contribution is -2.57. The number of methoxy groups -OCH3 is 1. The van der Waals surface area contributed by atoms with E-state index >= 15 is 0 Å². The van der Waals surface area contributed by atoms with Crippen molar-refractivity contribution in [1.82, 2.24) is 4.90 Å². The summed E-state index contributed by atoms with van der Waals surface area (Å²) < 4.78 is 10.2. The van der Waals surface area contributed by atoms with Crippen LogP contribution in [-0.2, 0) is 19.1 Å². The average molecular weight is 571 g/mol. The summed E-state index contributed by atoms with van der Waals surface area (Å²) in [4.78, 5) is 45.6. The number of aliphatic hydroxyl groups excluding tert-OH is 1. The highest BCUT2D eigenvalue weighted by atomic mass is 32.2. The van der Waals surface area contributed by atoms with E-state index in [-0.39, 0.29) is 48.7 Å². The molecule has 3 aliphatic heterocycles.